The topological polar surface area (TPSA) is 52.6 Å². The molecule has 1 heterocycles. The lowest BCUT2D eigenvalue weighted by atomic mass is 9.79. The predicted octanol–water partition coefficient (Wildman–Crippen LogP) is 1.84. The summed E-state index contributed by atoms with van der Waals surface area (Å²) in [7, 11) is -3.33. The Kier molecular flexibility index (Phi) is 3.56. The molecule has 0 radical (unpaired) electrons. The van der Waals surface area contributed by atoms with E-state index in [1.165, 1.54) is 19.3 Å². The van der Waals surface area contributed by atoms with Crippen LogP contribution in [0.25, 0.3) is 0 Å². The average Bonchev–Trinajstić information content (AvgIpc) is 2.16. The molecule has 16 heavy (non-hydrogen) atoms. The van der Waals surface area contributed by atoms with Crippen molar-refractivity contribution in [1.29, 1.82) is 0 Å². The summed E-state index contributed by atoms with van der Waals surface area (Å²) in [6, 6.07) is 0. The summed E-state index contributed by atoms with van der Waals surface area (Å²) in [5.41, 5.74) is -0.0914. The van der Waals surface area contributed by atoms with Gasteiger partial charge in [-0.2, -0.15) is 8.42 Å². The Hall–Kier alpha value is -0.130. The first-order chi connectivity index (χ1) is 7.49. The molecule has 5 heteroatoms. The minimum Gasteiger partial charge on any atom is -0.375 e. The Balaban J connectivity index is 1.98. The van der Waals surface area contributed by atoms with Crippen LogP contribution in [0.3, 0.4) is 0 Å². The molecule has 0 bridgehead atoms. The third-order valence-electron chi connectivity index (χ3n) is 3.52. The molecule has 0 amide bonds. The number of rotatable bonds is 2. The smallest absolute Gasteiger partial charge is 0.264 e. The molecular weight excluding hydrogens is 228 g/mol. The summed E-state index contributed by atoms with van der Waals surface area (Å²) >= 11 is 0. The van der Waals surface area contributed by atoms with Crippen LogP contribution in [0, 0.1) is 0 Å². The maximum atomic E-state index is 11.1. The van der Waals surface area contributed by atoms with E-state index in [0.717, 1.165) is 25.5 Å². The largest absolute Gasteiger partial charge is 0.375 e. The summed E-state index contributed by atoms with van der Waals surface area (Å²) in [6.45, 7) is 0.625. The van der Waals surface area contributed by atoms with Crippen molar-refractivity contribution in [3.8, 4) is 0 Å². The molecule has 2 fully saturated rings. The third kappa shape index (κ3) is 3.18. The van der Waals surface area contributed by atoms with Crippen LogP contribution in [0.4, 0.5) is 0 Å². The zero-order valence-corrected chi connectivity index (χ0v) is 10.6. The van der Waals surface area contributed by atoms with Gasteiger partial charge < -0.3 is 4.74 Å². The summed E-state index contributed by atoms with van der Waals surface area (Å²) in [6.07, 6.45) is 8.11. The molecule has 2 rings (SSSR count). The molecule has 0 unspecified atom stereocenters. The van der Waals surface area contributed by atoms with Crippen LogP contribution in [0.15, 0.2) is 0 Å². The summed E-state index contributed by atoms with van der Waals surface area (Å²) in [4.78, 5) is 0. The van der Waals surface area contributed by atoms with Crippen LogP contribution in [0.2, 0.25) is 0 Å². The molecule has 0 aromatic heterocycles. The van der Waals surface area contributed by atoms with Crippen molar-refractivity contribution in [3.63, 3.8) is 0 Å². The van der Waals surface area contributed by atoms with E-state index in [1.807, 2.05) is 0 Å². The van der Waals surface area contributed by atoms with Crippen molar-refractivity contribution in [2.24, 2.45) is 0 Å². The van der Waals surface area contributed by atoms with Crippen molar-refractivity contribution in [2.45, 2.75) is 56.7 Å². The summed E-state index contributed by atoms with van der Waals surface area (Å²) < 4.78 is 33.2. The molecule has 0 N–H and O–H groups in total. The maximum absolute atomic E-state index is 11.1. The zero-order valence-electron chi connectivity index (χ0n) is 9.78. The van der Waals surface area contributed by atoms with E-state index >= 15 is 0 Å². The normalized spacial score (nSPS) is 30.4. The second-order valence-corrected chi connectivity index (χ2v) is 6.61. The van der Waals surface area contributed by atoms with Crippen LogP contribution in [0.1, 0.15) is 44.9 Å². The van der Waals surface area contributed by atoms with Gasteiger partial charge in [0.05, 0.1) is 18.0 Å². The number of hydrogen-bond donors (Lipinski definition) is 0. The van der Waals surface area contributed by atoms with Crippen LogP contribution in [-0.2, 0) is 19.0 Å². The lowest BCUT2D eigenvalue weighted by Gasteiger charge is -2.42. The fourth-order valence-corrected chi connectivity index (χ4v) is 3.52. The average molecular weight is 248 g/mol. The molecule has 1 saturated heterocycles. The highest BCUT2D eigenvalue weighted by Gasteiger charge is 2.39. The lowest BCUT2D eigenvalue weighted by molar-refractivity contribution is -0.128. The zero-order chi connectivity index (χ0) is 11.6. The standard InChI is InChI=1S/C11H20O4S/c1-16(12,13)15-10-5-8-14-11(9-10)6-3-2-4-7-11/h10H,2-9H2,1H3/t10-/m1/s1. The van der Waals surface area contributed by atoms with E-state index in [1.54, 1.807) is 0 Å². The molecule has 0 aromatic carbocycles. The predicted molar refractivity (Wildman–Crippen MR) is 60.7 cm³/mol. The first kappa shape index (κ1) is 12.3. The van der Waals surface area contributed by atoms with Gasteiger partial charge in [-0.1, -0.05) is 19.3 Å². The highest BCUT2D eigenvalue weighted by atomic mass is 32.2. The van der Waals surface area contributed by atoms with Gasteiger partial charge in [-0.15, -0.1) is 0 Å². The molecule has 94 valence electrons. The van der Waals surface area contributed by atoms with Crippen LogP contribution in [-0.4, -0.2) is 33.0 Å². The first-order valence-electron chi connectivity index (χ1n) is 6.01. The van der Waals surface area contributed by atoms with Crippen LogP contribution in [0.5, 0.6) is 0 Å². The minimum absolute atomic E-state index is 0.0914. The summed E-state index contributed by atoms with van der Waals surface area (Å²) in [5, 5.41) is 0. The van der Waals surface area contributed by atoms with Crippen molar-refractivity contribution in [1.82, 2.24) is 0 Å². The number of ether oxygens (including phenoxy) is 1. The van der Waals surface area contributed by atoms with Gasteiger partial charge in [0.25, 0.3) is 10.1 Å². The minimum atomic E-state index is -3.33. The molecule has 4 nitrogen and oxygen atoms in total. The van der Waals surface area contributed by atoms with Crippen LogP contribution < -0.4 is 0 Å². The maximum Gasteiger partial charge on any atom is 0.264 e. The Bertz CT molecular complexity index is 324. The molecule has 1 spiro atoms. The lowest BCUT2D eigenvalue weighted by Crippen LogP contribution is -2.44. The Labute approximate surface area is 97.4 Å². The van der Waals surface area contributed by atoms with Gasteiger partial charge in [0, 0.05) is 13.0 Å². The molecule has 1 aliphatic carbocycles. The molecule has 1 atom stereocenters. The molecule has 1 aliphatic heterocycles. The number of hydrogen-bond acceptors (Lipinski definition) is 4. The van der Waals surface area contributed by atoms with Gasteiger partial charge in [-0.25, -0.2) is 0 Å². The van der Waals surface area contributed by atoms with Crippen LogP contribution >= 0.6 is 0 Å². The quantitative estimate of drug-likeness (QED) is 0.700. The van der Waals surface area contributed by atoms with Gasteiger partial charge >= 0.3 is 0 Å². The highest BCUT2D eigenvalue weighted by Crippen LogP contribution is 2.39. The Morgan fingerprint density at radius 1 is 1.25 bits per heavy atom. The van der Waals surface area contributed by atoms with Gasteiger partial charge in [0.15, 0.2) is 0 Å². The molecular formula is C11H20O4S. The van der Waals surface area contributed by atoms with E-state index in [4.69, 9.17) is 8.92 Å². The second kappa shape index (κ2) is 4.63. The van der Waals surface area contributed by atoms with Gasteiger partial charge in [0.2, 0.25) is 0 Å². The van der Waals surface area contributed by atoms with Gasteiger partial charge in [-0.05, 0) is 19.3 Å². The fraction of sp³-hybridized carbons (Fsp3) is 1.00. The van der Waals surface area contributed by atoms with E-state index < -0.39 is 10.1 Å². The Morgan fingerprint density at radius 2 is 1.94 bits per heavy atom. The third-order valence-corrected chi connectivity index (χ3v) is 4.15. The first-order valence-corrected chi connectivity index (χ1v) is 7.83. The van der Waals surface area contributed by atoms with E-state index in [0.29, 0.717) is 13.0 Å². The monoisotopic (exact) mass is 248 g/mol. The fourth-order valence-electron chi connectivity index (χ4n) is 2.86. The highest BCUT2D eigenvalue weighted by molar-refractivity contribution is 7.86. The molecule has 2 aliphatic rings. The van der Waals surface area contributed by atoms with Crippen molar-refractivity contribution < 1.29 is 17.3 Å². The van der Waals surface area contributed by atoms with Crippen molar-refractivity contribution >= 4 is 10.1 Å². The molecule has 1 saturated carbocycles. The molecule has 0 aromatic rings. The SMILES string of the molecule is CS(=O)(=O)O[C@@H]1CCOC2(CCCCC2)C1. The van der Waals surface area contributed by atoms with E-state index in [9.17, 15) is 8.42 Å². The van der Waals surface area contributed by atoms with Crippen molar-refractivity contribution in [2.75, 3.05) is 12.9 Å². The van der Waals surface area contributed by atoms with E-state index in [-0.39, 0.29) is 11.7 Å². The van der Waals surface area contributed by atoms with Crippen molar-refractivity contribution in [3.05, 3.63) is 0 Å². The second-order valence-electron chi connectivity index (χ2n) is 5.01. The Morgan fingerprint density at radius 3 is 2.56 bits per heavy atom. The van der Waals surface area contributed by atoms with Gasteiger partial charge in [-0.3, -0.25) is 4.18 Å². The van der Waals surface area contributed by atoms with E-state index in [2.05, 4.69) is 0 Å². The van der Waals surface area contributed by atoms with Gasteiger partial charge in [0.1, 0.15) is 0 Å². The summed E-state index contributed by atoms with van der Waals surface area (Å²) in [5.74, 6) is 0.